The number of ether oxygens (including phenoxy) is 1. The first kappa shape index (κ1) is 17.1. The zero-order valence-corrected chi connectivity index (χ0v) is 10.8. The Morgan fingerprint density at radius 1 is 1.42 bits per heavy atom. The molecular formula is C10H21N5O4. The molecule has 1 amide bonds. The Morgan fingerprint density at radius 3 is 2.53 bits per heavy atom. The fraction of sp³-hybridized carbons (Fsp3) is 0.700. The van der Waals surface area contributed by atoms with Crippen LogP contribution >= 0.6 is 0 Å². The highest BCUT2D eigenvalue weighted by molar-refractivity contribution is 5.87. The first-order valence-electron chi connectivity index (χ1n) is 5.72. The van der Waals surface area contributed by atoms with Crippen LogP contribution in [0, 0.1) is 0 Å². The number of esters is 1. The highest BCUT2D eigenvalue weighted by Crippen LogP contribution is 1.97. The molecule has 0 rings (SSSR count). The zero-order valence-electron chi connectivity index (χ0n) is 10.8. The number of methoxy groups -OCH3 is 1. The van der Waals surface area contributed by atoms with E-state index >= 15 is 0 Å². The molecule has 8 N–H and O–H groups in total. The second kappa shape index (κ2) is 9.11. The molecule has 0 aromatic heterocycles. The quantitative estimate of drug-likeness (QED) is 0.136. The molecule has 0 bridgehead atoms. The minimum atomic E-state index is -1.11. The van der Waals surface area contributed by atoms with Gasteiger partial charge < -0.3 is 32.4 Å². The maximum atomic E-state index is 11.6. The SMILES string of the molecule is COC(=O)[C@H](CO)NC(=O)[C@@H](N)CCCN=C(N)N. The number of amides is 1. The lowest BCUT2D eigenvalue weighted by atomic mass is 10.1. The first-order chi connectivity index (χ1) is 8.92. The van der Waals surface area contributed by atoms with Crippen molar-refractivity contribution < 1.29 is 19.4 Å². The van der Waals surface area contributed by atoms with Crippen molar-refractivity contribution in [2.24, 2.45) is 22.2 Å². The van der Waals surface area contributed by atoms with Crippen LogP contribution in [0.4, 0.5) is 0 Å². The number of rotatable bonds is 8. The van der Waals surface area contributed by atoms with E-state index in [2.05, 4.69) is 15.0 Å². The van der Waals surface area contributed by atoms with Crippen molar-refractivity contribution in [2.45, 2.75) is 24.9 Å². The van der Waals surface area contributed by atoms with E-state index in [-0.39, 0.29) is 5.96 Å². The summed E-state index contributed by atoms with van der Waals surface area (Å²) in [6, 6.07) is -1.92. The third-order valence-electron chi connectivity index (χ3n) is 2.29. The molecule has 0 unspecified atom stereocenters. The summed E-state index contributed by atoms with van der Waals surface area (Å²) in [7, 11) is 1.16. The Hall–Kier alpha value is -1.87. The van der Waals surface area contributed by atoms with Crippen molar-refractivity contribution in [1.82, 2.24) is 5.32 Å². The number of aliphatic imine (C=N–C) groups is 1. The smallest absolute Gasteiger partial charge is 0.330 e. The highest BCUT2D eigenvalue weighted by Gasteiger charge is 2.23. The van der Waals surface area contributed by atoms with Crippen LogP contribution in [0.3, 0.4) is 0 Å². The van der Waals surface area contributed by atoms with Gasteiger partial charge in [0, 0.05) is 6.54 Å². The molecule has 0 aliphatic carbocycles. The number of carbonyl (C=O) groups excluding carboxylic acids is 2. The molecule has 0 aromatic rings. The summed E-state index contributed by atoms with van der Waals surface area (Å²) >= 11 is 0. The lowest BCUT2D eigenvalue weighted by Gasteiger charge is -2.17. The van der Waals surface area contributed by atoms with Gasteiger partial charge in [0.05, 0.1) is 19.8 Å². The summed E-state index contributed by atoms with van der Waals surface area (Å²) in [4.78, 5) is 26.5. The van der Waals surface area contributed by atoms with Crippen molar-refractivity contribution in [2.75, 3.05) is 20.3 Å². The topological polar surface area (TPSA) is 166 Å². The van der Waals surface area contributed by atoms with Crippen molar-refractivity contribution in [3.05, 3.63) is 0 Å². The van der Waals surface area contributed by atoms with Gasteiger partial charge in [-0.3, -0.25) is 9.79 Å². The van der Waals surface area contributed by atoms with Gasteiger partial charge in [-0.15, -0.1) is 0 Å². The minimum Gasteiger partial charge on any atom is -0.467 e. The predicted octanol–water partition coefficient (Wildman–Crippen LogP) is -2.98. The lowest BCUT2D eigenvalue weighted by molar-refractivity contribution is -0.146. The normalized spacial score (nSPS) is 13.2. The van der Waals surface area contributed by atoms with Crippen LogP contribution in [0.5, 0.6) is 0 Å². The van der Waals surface area contributed by atoms with Crippen LogP contribution in [0.2, 0.25) is 0 Å². The number of nitrogens with zero attached hydrogens (tertiary/aromatic N) is 1. The van der Waals surface area contributed by atoms with Crippen molar-refractivity contribution in [3.63, 3.8) is 0 Å². The lowest BCUT2D eigenvalue weighted by Crippen LogP contribution is -2.50. The molecule has 0 saturated heterocycles. The van der Waals surface area contributed by atoms with Gasteiger partial charge in [-0.25, -0.2) is 4.79 Å². The minimum absolute atomic E-state index is 0.0240. The highest BCUT2D eigenvalue weighted by atomic mass is 16.5. The first-order valence-corrected chi connectivity index (χ1v) is 5.72. The van der Waals surface area contributed by atoms with Crippen LogP contribution in [0.15, 0.2) is 4.99 Å². The molecule has 0 heterocycles. The number of nitrogens with one attached hydrogen (secondary N) is 1. The fourth-order valence-corrected chi connectivity index (χ4v) is 1.25. The maximum Gasteiger partial charge on any atom is 0.330 e. The van der Waals surface area contributed by atoms with E-state index in [0.717, 1.165) is 7.11 Å². The molecule has 0 spiro atoms. The number of guanidine groups is 1. The van der Waals surface area contributed by atoms with Gasteiger partial charge in [-0.1, -0.05) is 0 Å². The van der Waals surface area contributed by atoms with Crippen LogP contribution in [0.25, 0.3) is 0 Å². The van der Waals surface area contributed by atoms with Crippen LogP contribution in [-0.2, 0) is 14.3 Å². The molecule has 0 saturated carbocycles. The van der Waals surface area contributed by atoms with E-state index in [4.69, 9.17) is 22.3 Å². The summed E-state index contributed by atoms with van der Waals surface area (Å²) in [6.07, 6.45) is 0.871. The van der Waals surface area contributed by atoms with Crippen LogP contribution in [-0.4, -0.2) is 55.3 Å². The summed E-state index contributed by atoms with van der Waals surface area (Å²) in [5, 5.41) is 11.2. The van der Waals surface area contributed by atoms with Gasteiger partial charge in [0.1, 0.15) is 0 Å². The molecule has 0 aliphatic rings. The number of carbonyl (C=O) groups is 2. The second-order valence-corrected chi connectivity index (χ2v) is 3.82. The predicted molar refractivity (Wildman–Crippen MR) is 68.9 cm³/mol. The number of nitrogens with two attached hydrogens (primary N) is 3. The fourth-order valence-electron chi connectivity index (χ4n) is 1.25. The Morgan fingerprint density at radius 2 is 2.05 bits per heavy atom. The third kappa shape index (κ3) is 7.21. The number of hydrogen-bond acceptors (Lipinski definition) is 6. The van der Waals surface area contributed by atoms with Gasteiger partial charge in [-0.05, 0) is 12.8 Å². The molecule has 19 heavy (non-hydrogen) atoms. The second-order valence-electron chi connectivity index (χ2n) is 3.82. The van der Waals surface area contributed by atoms with E-state index < -0.39 is 30.6 Å². The molecule has 0 radical (unpaired) electrons. The molecule has 0 aromatic carbocycles. The van der Waals surface area contributed by atoms with E-state index in [9.17, 15) is 9.59 Å². The summed E-state index contributed by atoms with van der Waals surface area (Å²) in [5.74, 6) is -1.30. The molecule has 9 heteroatoms. The molecule has 0 aliphatic heterocycles. The van der Waals surface area contributed by atoms with Crippen molar-refractivity contribution in [3.8, 4) is 0 Å². The van der Waals surface area contributed by atoms with Gasteiger partial charge in [0.15, 0.2) is 12.0 Å². The molecule has 0 fully saturated rings. The zero-order chi connectivity index (χ0) is 14.8. The van der Waals surface area contributed by atoms with Crippen LogP contribution in [0.1, 0.15) is 12.8 Å². The molecule has 2 atom stereocenters. The van der Waals surface area contributed by atoms with Gasteiger partial charge in [-0.2, -0.15) is 0 Å². The molecule has 9 nitrogen and oxygen atoms in total. The Balaban J connectivity index is 4.11. The Kier molecular flexibility index (Phi) is 8.22. The summed E-state index contributed by atoms with van der Waals surface area (Å²) < 4.78 is 4.41. The van der Waals surface area contributed by atoms with E-state index in [1.807, 2.05) is 0 Å². The number of aliphatic hydroxyl groups excluding tert-OH is 1. The maximum absolute atomic E-state index is 11.6. The monoisotopic (exact) mass is 275 g/mol. The van der Waals surface area contributed by atoms with Crippen LogP contribution < -0.4 is 22.5 Å². The Bertz CT molecular complexity index is 330. The van der Waals surface area contributed by atoms with Crippen molar-refractivity contribution >= 4 is 17.8 Å². The summed E-state index contributed by atoms with van der Waals surface area (Å²) in [5.41, 5.74) is 15.9. The largest absolute Gasteiger partial charge is 0.467 e. The van der Waals surface area contributed by atoms with E-state index in [1.165, 1.54) is 0 Å². The number of hydrogen-bond donors (Lipinski definition) is 5. The summed E-state index contributed by atoms with van der Waals surface area (Å²) in [6.45, 7) is -0.192. The molecular weight excluding hydrogens is 254 g/mol. The van der Waals surface area contributed by atoms with E-state index in [0.29, 0.717) is 19.4 Å². The molecule has 110 valence electrons. The van der Waals surface area contributed by atoms with E-state index in [1.54, 1.807) is 0 Å². The van der Waals surface area contributed by atoms with Gasteiger partial charge in [0.25, 0.3) is 0 Å². The number of aliphatic hydroxyl groups is 1. The van der Waals surface area contributed by atoms with Gasteiger partial charge in [0.2, 0.25) is 5.91 Å². The van der Waals surface area contributed by atoms with Gasteiger partial charge >= 0.3 is 5.97 Å². The average Bonchev–Trinajstić information content (AvgIpc) is 2.39. The average molecular weight is 275 g/mol. The Labute approximate surface area is 111 Å². The third-order valence-corrected chi connectivity index (χ3v) is 2.29. The van der Waals surface area contributed by atoms with Crippen molar-refractivity contribution in [1.29, 1.82) is 0 Å². The standard InChI is InChI=1S/C10H21N5O4/c1-19-9(18)7(5-16)15-8(17)6(11)3-2-4-14-10(12)13/h6-7,16H,2-5,11H2,1H3,(H,15,17)(H4,12,13,14)/t6-,7-/m0/s1.